The Kier molecular flexibility index (Phi) is 3.65. The summed E-state index contributed by atoms with van der Waals surface area (Å²) in [6, 6.07) is 3.18. The van der Waals surface area contributed by atoms with E-state index in [2.05, 4.69) is 5.32 Å². The minimum atomic E-state index is -1.19. The first-order valence-corrected chi connectivity index (χ1v) is 7.43. The SMILES string of the molecule is Fc1cc(F)c(F)c(NC2CCCc3sc(Cl)cc32)c1. The zero-order chi connectivity index (χ0) is 14.3. The number of halogens is 4. The van der Waals surface area contributed by atoms with Crippen LogP contribution < -0.4 is 5.32 Å². The number of rotatable bonds is 2. The van der Waals surface area contributed by atoms with E-state index in [4.69, 9.17) is 11.6 Å². The molecule has 2 aromatic rings. The summed E-state index contributed by atoms with van der Waals surface area (Å²) >= 11 is 7.50. The molecule has 0 saturated carbocycles. The average Bonchev–Trinajstić information content (AvgIpc) is 2.76. The number of hydrogen-bond acceptors (Lipinski definition) is 2. The smallest absolute Gasteiger partial charge is 0.182 e. The van der Waals surface area contributed by atoms with Crippen LogP contribution in [0.1, 0.15) is 29.3 Å². The number of thiophene rings is 1. The molecule has 0 bridgehead atoms. The van der Waals surface area contributed by atoms with Gasteiger partial charge in [0.15, 0.2) is 11.6 Å². The van der Waals surface area contributed by atoms with Crippen LogP contribution in [0.2, 0.25) is 4.34 Å². The molecule has 20 heavy (non-hydrogen) atoms. The molecule has 1 aromatic carbocycles. The number of aryl methyl sites for hydroxylation is 1. The van der Waals surface area contributed by atoms with Crippen molar-refractivity contribution in [1.82, 2.24) is 0 Å². The lowest BCUT2D eigenvalue weighted by Gasteiger charge is -2.25. The summed E-state index contributed by atoms with van der Waals surface area (Å²) in [7, 11) is 0. The predicted molar refractivity (Wildman–Crippen MR) is 74.9 cm³/mol. The van der Waals surface area contributed by atoms with Crippen LogP contribution >= 0.6 is 22.9 Å². The van der Waals surface area contributed by atoms with Crippen LogP contribution in [-0.2, 0) is 6.42 Å². The van der Waals surface area contributed by atoms with Gasteiger partial charge in [0.2, 0.25) is 0 Å². The molecular formula is C14H11ClF3NS. The maximum atomic E-state index is 13.7. The van der Waals surface area contributed by atoms with E-state index in [0.717, 1.165) is 35.8 Å². The highest BCUT2D eigenvalue weighted by Gasteiger charge is 2.24. The molecule has 0 aliphatic heterocycles. The molecule has 1 unspecified atom stereocenters. The Morgan fingerprint density at radius 2 is 2.00 bits per heavy atom. The van der Waals surface area contributed by atoms with Gasteiger partial charge in [-0.15, -0.1) is 11.3 Å². The third-order valence-electron chi connectivity index (χ3n) is 3.41. The van der Waals surface area contributed by atoms with Gasteiger partial charge in [0, 0.05) is 17.0 Å². The van der Waals surface area contributed by atoms with Crippen molar-refractivity contribution < 1.29 is 13.2 Å². The highest BCUT2D eigenvalue weighted by atomic mass is 35.5. The number of hydrogen-bond donors (Lipinski definition) is 1. The highest BCUT2D eigenvalue weighted by molar-refractivity contribution is 7.16. The Bertz CT molecular complexity index is 656. The van der Waals surface area contributed by atoms with Gasteiger partial charge in [-0.3, -0.25) is 0 Å². The van der Waals surface area contributed by atoms with Gasteiger partial charge in [0.25, 0.3) is 0 Å². The zero-order valence-corrected chi connectivity index (χ0v) is 11.9. The van der Waals surface area contributed by atoms with Gasteiger partial charge in [-0.05, 0) is 30.9 Å². The largest absolute Gasteiger partial charge is 0.376 e. The molecule has 3 rings (SSSR count). The quantitative estimate of drug-likeness (QED) is 0.740. The summed E-state index contributed by atoms with van der Waals surface area (Å²) in [5.74, 6) is -3.04. The van der Waals surface area contributed by atoms with E-state index in [1.54, 1.807) is 0 Å². The molecule has 0 fully saturated rings. The van der Waals surface area contributed by atoms with E-state index in [0.29, 0.717) is 10.4 Å². The summed E-state index contributed by atoms with van der Waals surface area (Å²) in [6.07, 6.45) is 2.64. The van der Waals surface area contributed by atoms with Gasteiger partial charge in [-0.25, -0.2) is 13.2 Å². The molecule has 106 valence electrons. The number of benzene rings is 1. The molecule has 0 radical (unpaired) electrons. The molecule has 1 atom stereocenters. The van der Waals surface area contributed by atoms with Gasteiger partial charge in [0.1, 0.15) is 5.82 Å². The molecule has 1 nitrogen and oxygen atoms in total. The Morgan fingerprint density at radius 1 is 1.20 bits per heavy atom. The first kappa shape index (κ1) is 13.8. The molecule has 1 aliphatic rings. The van der Waals surface area contributed by atoms with Crippen molar-refractivity contribution in [3.63, 3.8) is 0 Å². The lowest BCUT2D eigenvalue weighted by molar-refractivity contribution is 0.494. The fraction of sp³-hybridized carbons (Fsp3) is 0.286. The normalized spacial score (nSPS) is 17.9. The first-order valence-electron chi connectivity index (χ1n) is 6.24. The van der Waals surface area contributed by atoms with Crippen molar-refractivity contribution in [2.45, 2.75) is 25.3 Å². The molecule has 0 saturated heterocycles. The van der Waals surface area contributed by atoms with Crippen molar-refractivity contribution in [3.05, 3.63) is 50.4 Å². The van der Waals surface area contributed by atoms with E-state index in [-0.39, 0.29) is 11.7 Å². The van der Waals surface area contributed by atoms with Gasteiger partial charge >= 0.3 is 0 Å². The fourth-order valence-corrected chi connectivity index (χ4v) is 3.90. The Hall–Kier alpha value is -1.20. The topological polar surface area (TPSA) is 12.0 Å². The molecular weight excluding hydrogens is 307 g/mol. The van der Waals surface area contributed by atoms with Crippen LogP contribution in [0, 0.1) is 17.5 Å². The molecule has 0 spiro atoms. The summed E-state index contributed by atoms with van der Waals surface area (Å²) in [5, 5.41) is 2.89. The maximum absolute atomic E-state index is 13.7. The molecule has 1 heterocycles. The minimum Gasteiger partial charge on any atom is -0.376 e. The first-order chi connectivity index (χ1) is 9.54. The molecule has 1 aliphatic carbocycles. The maximum Gasteiger partial charge on any atom is 0.182 e. The van der Waals surface area contributed by atoms with E-state index in [1.165, 1.54) is 11.3 Å². The summed E-state index contributed by atoms with van der Waals surface area (Å²) in [6.45, 7) is 0. The third-order valence-corrected chi connectivity index (χ3v) is 4.75. The van der Waals surface area contributed by atoms with Gasteiger partial charge in [0.05, 0.1) is 16.1 Å². The lowest BCUT2D eigenvalue weighted by atomic mass is 9.94. The van der Waals surface area contributed by atoms with Gasteiger partial charge in [-0.2, -0.15) is 0 Å². The van der Waals surface area contributed by atoms with Crippen LogP contribution in [0.5, 0.6) is 0 Å². The second-order valence-corrected chi connectivity index (χ2v) is 6.54. The second kappa shape index (κ2) is 5.30. The number of fused-ring (bicyclic) bond motifs is 1. The molecule has 1 N–H and O–H groups in total. The van der Waals surface area contributed by atoms with E-state index in [1.807, 2.05) is 6.07 Å². The van der Waals surface area contributed by atoms with Crippen molar-refractivity contribution in [2.75, 3.05) is 5.32 Å². The predicted octanol–water partition coefficient (Wildman–Crippen LogP) is 5.31. The highest BCUT2D eigenvalue weighted by Crippen LogP contribution is 2.39. The van der Waals surface area contributed by atoms with Crippen LogP contribution in [0.15, 0.2) is 18.2 Å². The number of anilines is 1. The Labute approximate surface area is 123 Å². The van der Waals surface area contributed by atoms with E-state index in [9.17, 15) is 13.2 Å². The van der Waals surface area contributed by atoms with Crippen molar-refractivity contribution in [2.24, 2.45) is 0 Å². The summed E-state index contributed by atoms with van der Waals surface area (Å²) in [5.41, 5.74) is 0.845. The zero-order valence-electron chi connectivity index (χ0n) is 10.4. The van der Waals surface area contributed by atoms with Crippen molar-refractivity contribution >= 4 is 28.6 Å². The summed E-state index contributed by atoms with van der Waals surface area (Å²) in [4.78, 5) is 1.15. The monoisotopic (exact) mass is 317 g/mol. The average molecular weight is 318 g/mol. The van der Waals surface area contributed by atoms with E-state index < -0.39 is 17.5 Å². The Balaban J connectivity index is 1.93. The second-order valence-electron chi connectivity index (χ2n) is 4.77. The van der Waals surface area contributed by atoms with Crippen LogP contribution in [0.4, 0.5) is 18.9 Å². The van der Waals surface area contributed by atoms with Gasteiger partial charge < -0.3 is 5.32 Å². The fourth-order valence-electron chi connectivity index (χ4n) is 2.52. The number of nitrogens with one attached hydrogen (secondary N) is 1. The minimum absolute atomic E-state index is 0.150. The van der Waals surface area contributed by atoms with Crippen LogP contribution in [0.3, 0.4) is 0 Å². The third kappa shape index (κ3) is 2.52. The van der Waals surface area contributed by atoms with Gasteiger partial charge in [-0.1, -0.05) is 11.6 Å². The Morgan fingerprint density at radius 3 is 2.80 bits per heavy atom. The lowest BCUT2D eigenvalue weighted by Crippen LogP contribution is -2.16. The van der Waals surface area contributed by atoms with Crippen LogP contribution in [0.25, 0.3) is 0 Å². The molecule has 1 aromatic heterocycles. The standard InChI is InChI=1S/C14H11ClF3NS/c15-13-6-8-10(2-1-3-12(8)20-13)19-11-5-7(16)4-9(17)14(11)18/h4-6,10,19H,1-3H2. The van der Waals surface area contributed by atoms with E-state index >= 15 is 0 Å². The molecule has 0 amide bonds. The van der Waals surface area contributed by atoms with Crippen molar-refractivity contribution in [1.29, 1.82) is 0 Å². The van der Waals surface area contributed by atoms with Crippen molar-refractivity contribution in [3.8, 4) is 0 Å². The van der Waals surface area contributed by atoms with Crippen LogP contribution in [-0.4, -0.2) is 0 Å². The summed E-state index contributed by atoms with van der Waals surface area (Å²) < 4.78 is 40.8. The molecule has 6 heteroatoms.